The van der Waals surface area contributed by atoms with Gasteiger partial charge in [-0.25, -0.2) is 9.69 Å². The summed E-state index contributed by atoms with van der Waals surface area (Å²) in [5.74, 6) is -0.130. The van der Waals surface area contributed by atoms with Crippen LogP contribution < -0.4 is 15.5 Å². The van der Waals surface area contributed by atoms with Gasteiger partial charge in [0, 0.05) is 94.5 Å². The molecule has 3 saturated heterocycles. The highest BCUT2D eigenvalue weighted by Gasteiger charge is 2.38. The molecule has 0 aliphatic carbocycles. The molecule has 6 rings (SSSR count). The molecule has 0 radical (unpaired) electrons. The maximum atomic E-state index is 13.9. The van der Waals surface area contributed by atoms with Crippen molar-refractivity contribution in [2.75, 3.05) is 64.2 Å². The Labute approximate surface area is 266 Å². The molecule has 4 N–H and O–H groups in total. The average molecular weight is 620 g/mol. The molecule has 0 bridgehead atoms. The highest BCUT2D eigenvalue weighted by molar-refractivity contribution is 5.91. The van der Waals surface area contributed by atoms with E-state index in [9.17, 15) is 14.4 Å². The number of quaternary nitrogens is 2. The second kappa shape index (κ2) is 14.3. The molecule has 3 fully saturated rings. The molecule has 0 spiro atoms. The zero-order chi connectivity index (χ0) is 31.3. The number of nitrogens with one attached hydrogen (secondary N) is 2. The molecular formula is C34H49N7O4+2. The second-order valence-corrected chi connectivity index (χ2v) is 13.2. The summed E-state index contributed by atoms with van der Waals surface area (Å²) in [7, 11) is 0. The van der Waals surface area contributed by atoms with Gasteiger partial charge in [-0.15, -0.1) is 0 Å². The van der Waals surface area contributed by atoms with Crippen LogP contribution >= 0.6 is 0 Å². The predicted molar refractivity (Wildman–Crippen MR) is 170 cm³/mol. The number of likely N-dealkylation sites (tertiary alicyclic amines) is 1. The van der Waals surface area contributed by atoms with Crippen LogP contribution in [0.3, 0.4) is 0 Å². The lowest BCUT2D eigenvalue weighted by molar-refractivity contribution is -0.830. The number of ether oxygens (including phenoxy) is 1. The third-order valence-electron chi connectivity index (χ3n) is 10.3. The van der Waals surface area contributed by atoms with E-state index in [2.05, 4.69) is 26.6 Å². The summed E-state index contributed by atoms with van der Waals surface area (Å²) in [6.07, 6.45) is 5.37. The Kier molecular flexibility index (Phi) is 9.97. The van der Waals surface area contributed by atoms with Gasteiger partial charge in [-0.3, -0.25) is 14.7 Å². The molecule has 45 heavy (non-hydrogen) atoms. The Balaban J connectivity index is 1.07. The van der Waals surface area contributed by atoms with E-state index >= 15 is 0 Å². The molecule has 1 atom stereocenters. The Morgan fingerprint density at radius 1 is 1.00 bits per heavy atom. The SMILES string of the molecule is Cc1cnc(CC(OC(=O)[NH+]2CCC(N3CCc4ccccc4NC3=O)CC2)C(=O)N2CCN(C3CC[NH2+]CC3)CC2)cc1C. The van der Waals surface area contributed by atoms with Gasteiger partial charge in [0.1, 0.15) is 0 Å². The molecule has 4 amide bonds. The Morgan fingerprint density at radius 2 is 1.73 bits per heavy atom. The van der Waals surface area contributed by atoms with Gasteiger partial charge >= 0.3 is 12.1 Å². The summed E-state index contributed by atoms with van der Waals surface area (Å²) in [4.78, 5) is 52.1. The van der Waals surface area contributed by atoms with Crippen LogP contribution in [0.1, 0.15) is 48.1 Å². The molecule has 11 heteroatoms. The smallest absolute Gasteiger partial charge is 0.406 e. The first-order valence-corrected chi connectivity index (χ1v) is 16.8. The molecule has 1 aromatic heterocycles. The van der Waals surface area contributed by atoms with Crippen molar-refractivity contribution >= 4 is 23.7 Å². The summed E-state index contributed by atoms with van der Waals surface area (Å²) in [5, 5.41) is 5.44. The number of urea groups is 1. The maximum Gasteiger partial charge on any atom is 0.515 e. The number of nitrogens with two attached hydrogens (primary N) is 1. The van der Waals surface area contributed by atoms with Crippen molar-refractivity contribution in [1.82, 2.24) is 19.7 Å². The molecule has 5 heterocycles. The first-order chi connectivity index (χ1) is 21.9. The van der Waals surface area contributed by atoms with Crippen molar-refractivity contribution < 1.29 is 29.3 Å². The zero-order valence-corrected chi connectivity index (χ0v) is 26.8. The van der Waals surface area contributed by atoms with Crippen molar-refractivity contribution in [3.63, 3.8) is 0 Å². The number of aryl methyl sites for hydroxylation is 2. The van der Waals surface area contributed by atoms with E-state index in [1.54, 1.807) is 0 Å². The zero-order valence-electron chi connectivity index (χ0n) is 26.8. The standard InChI is InChI=1S/C34H47N7O4/c1-24-21-27(36-23-25(24)2)22-31(32(42)39-19-17-38(18-20-39)28-7-12-35-13-8-28)45-34(44)40-14-10-29(11-15-40)41-16-9-26-5-3-4-6-30(26)37-33(41)43/h3-6,21,23,28-29,31,35H,7-20,22H2,1-2H3,(H,37,43)/p+2. The third-order valence-corrected chi connectivity index (χ3v) is 10.3. The highest BCUT2D eigenvalue weighted by Crippen LogP contribution is 2.23. The van der Waals surface area contributed by atoms with E-state index in [4.69, 9.17) is 4.74 Å². The lowest BCUT2D eigenvalue weighted by Gasteiger charge is -2.40. The van der Waals surface area contributed by atoms with Crippen LogP contribution in [0.4, 0.5) is 15.3 Å². The number of amides is 4. The molecule has 11 nitrogen and oxygen atoms in total. The lowest BCUT2D eigenvalue weighted by atomic mass is 10.0. The minimum atomic E-state index is -0.914. The van der Waals surface area contributed by atoms with Crippen LogP contribution in [-0.4, -0.2) is 115 Å². The van der Waals surface area contributed by atoms with E-state index in [-0.39, 0.29) is 30.5 Å². The van der Waals surface area contributed by atoms with Crippen LogP contribution in [0.25, 0.3) is 0 Å². The first-order valence-electron chi connectivity index (χ1n) is 16.8. The van der Waals surface area contributed by atoms with Crippen molar-refractivity contribution in [2.45, 2.75) is 70.6 Å². The number of fused-ring (bicyclic) bond motifs is 1. The van der Waals surface area contributed by atoms with Gasteiger partial charge in [0.15, 0.2) is 6.10 Å². The topological polar surface area (TPSA) is 116 Å². The monoisotopic (exact) mass is 619 g/mol. The number of hydrogen-bond donors (Lipinski definition) is 3. The maximum absolute atomic E-state index is 13.9. The first kappa shape index (κ1) is 31.4. The summed E-state index contributed by atoms with van der Waals surface area (Å²) in [6.45, 7) is 11.2. The van der Waals surface area contributed by atoms with E-state index in [1.165, 1.54) is 25.9 Å². The molecular weight excluding hydrogens is 570 g/mol. The Bertz CT molecular complexity index is 1360. The summed E-state index contributed by atoms with van der Waals surface area (Å²) >= 11 is 0. The molecule has 4 aliphatic rings. The fourth-order valence-electron chi connectivity index (χ4n) is 7.37. The number of hydrogen-bond acceptors (Lipinski definition) is 6. The minimum Gasteiger partial charge on any atom is -0.406 e. The lowest BCUT2D eigenvalue weighted by Crippen LogP contribution is -3.16. The fraction of sp³-hybridized carbons (Fsp3) is 0.588. The fourth-order valence-corrected chi connectivity index (χ4v) is 7.37. The molecule has 0 saturated carbocycles. The van der Waals surface area contributed by atoms with Crippen molar-refractivity contribution in [1.29, 1.82) is 0 Å². The van der Waals surface area contributed by atoms with E-state index in [0.29, 0.717) is 56.5 Å². The van der Waals surface area contributed by atoms with Crippen molar-refractivity contribution in [2.24, 2.45) is 0 Å². The summed E-state index contributed by atoms with van der Waals surface area (Å²) in [5.41, 5.74) is 4.96. The Morgan fingerprint density at radius 3 is 2.47 bits per heavy atom. The second-order valence-electron chi connectivity index (χ2n) is 13.2. The van der Waals surface area contributed by atoms with Gasteiger partial charge in [0.05, 0.1) is 26.2 Å². The number of para-hydroxylation sites is 1. The molecule has 242 valence electrons. The van der Waals surface area contributed by atoms with Crippen LogP contribution in [0.5, 0.6) is 0 Å². The number of rotatable bonds is 6. The molecule has 1 aromatic carbocycles. The summed E-state index contributed by atoms with van der Waals surface area (Å²) in [6, 6.07) is 10.5. The minimum absolute atomic E-state index is 0.0615. The van der Waals surface area contributed by atoms with Crippen LogP contribution in [0, 0.1) is 13.8 Å². The number of piperazine rings is 1. The number of alkyl carbamates (subject to hydrolysis) is 2. The van der Waals surface area contributed by atoms with Crippen molar-refractivity contribution in [3.05, 3.63) is 58.9 Å². The molecule has 4 aliphatic heterocycles. The summed E-state index contributed by atoms with van der Waals surface area (Å²) < 4.78 is 6.07. The largest absolute Gasteiger partial charge is 0.515 e. The number of nitrogens with zero attached hydrogens (tertiary/aromatic N) is 4. The normalized spacial score (nSPS) is 23.9. The highest BCUT2D eigenvalue weighted by atomic mass is 16.6. The number of anilines is 1. The molecule has 2 aromatic rings. The van der Waals surface area contributed by atoms with E-state index < -0.39 is 6.10 Å². The number of carbonyl (C=O) groups is 3. The number of aromatic nitrogens is 1. The van der Waals surface area contributed by atoms with Crippen molar-refractivity contribution in [3.8, 4) is 0 Å². The quantitative estimate of drug-likeness (QED) is 0.440. The number of pyridine rings is 1. The van der Waals surface area contributed by atoms with Crippen LogP contribution in [0.2, 0.25) is 0 Å². The van der Waals surface area contributed by atoms with E-state index in [1.807, 2.05) is 54.1 Å². The van der Waals surface area contributed by atoms with Gasteiger partial charge < -0.3 is 25.2 Å². The van der Waals surface area contributed by atoms with Gasteiger partial charge in [-0.1, -0.05) is 18.2 Å². The number of benzene rings is 1. The van der Waals surface area contributed by atoms with Gasteiger partial charge in [0.2, 0.25) is 0 Å². The number of piperidine rings is 2. The Hall–Kier alpha value is -3.54. The van der Waals surface area contributed by atoms with Crippen LogP contribution in [0.15, 0.2) is 36.5 Å². The average Bonchev–Trinajstić information content (AvgIpc) is 3.24. The van der Waals surface area contributed by atoms with E-state index in [0.717, 1.165) is 47.6 Å². The van der Waals surface area contributed by atoms with Crippen LogP contribution in [-0.2, 0) is 22.4 Å². The van der Waals surface area contributed by atoms with Gasteiger partial charge in [-0.05, 0) is 49.1 Å². The molecule has 1 unspecified atom stereocenters. The third kappa shape index (κ3) is 7.48. The van der Waals surface area contributed by atoms with Gasteiger partial charge in [0.25, 0.3) is 5.91 Å². The number of carbonyl (C=O) groups excluding carboxylic acids is 3. The van der Waals surface area contributed by atoms with Gasteiger partial charge in [-0.2, -0.15) is 4.79 Å². The predicted octanol–water partition coefficient (Wildman–Crippen LogP) is 0.754.